The number of benzene rings is 1. The average molecular weight is 353 g/mol. The molecule has 0 bridgehead atoms. The molecule has 0 radical (unpaired) electrons. The first-order valence-corrected chi connectivity index (χ1v) is 9.35. The van der Waals surface area contributed by atoms with E-state index in [2.05, 4.69) is 10.6 Å². The number of carbonyl (C=O) groups excluding carboxylic acids is 2. The zero-order valence-corrected chi connectivity index (χ0v) is 14.7. The van der Waals surface area contributed by atoms with Gasteiger partial charge in [-0.15, -0.1) is 0 Å². The lowest BCUT2D eigenvalue weighted by molar-refractivity contribution is -0.119. The van der Waals surface area contributed by atoms with Gasteiger partial charge < -0.3 is 10.6 Å². The molecular weight excluding hydrogens is 330 g/mol. The van der Waals surface area contributed by atoms with E-state index >= 15 is 0 Å². The molecule has 0 unspecified atom stereocenters. The summed E-state index contributed by atoms with van der Waals surface area (Å²) >= 11 is 0. The van der Waals surface area contributed by atoms with Crippen LogP contribution in [0.25, 0.3) is 0 Å². The van der Waals surface area contributed by atoms with Gasteiger partial charge in [0, 0.05) is 39.2 Å². The molecule has 2 amide bonds. The first-order chi connectivity index (χ1) is 11.3. The van der Waals surface area contributed by atoms with Gasteiger partial charge in [-0.3, -0.25) is 9.59 Å². The second-order valence-corrected chi connectivity index (χ2v) is 7.83. The van der Waals surface area contributed by atoms with Crippen molar-refractivity contribution in [3.63, 3.8) is 0 Å². The molecule has 0 spiro atoms. The molecule has 2 N–H and O–H groups in total. The predicted octanol–water partition coefficient (Wildman–Crippen LogP) is 0.583. The summed E-state index contributed by atoms with van der Waals surface area (Å²) in [7, 11) is -2.03. The Hall–Kier alpha value is -1.93. The number of carbonyl (C=O) groups is 2. The van der Waals surface area contributed by atoms with Crippen LogP contribution in [-0.2, 0) is 14.8 Å². The van der Waals surface area contributed by atoms with E-state index in [9.17, 15) is 18.0 Å². The standard InChI is InChI=1S/C16H23N3O4S/c1-12(20)18-11-13-7-9-19(10-8-13)24(22,23)15-5-3-14(4-6-15)16(21)17-2/h3-6,13H,7-11H2,1-2H3,(H,17,21)(H,18,20). The Balaban J connectivity index is 2.01. The Morgan fingerprint density at radius 3 is 2.25 bits per heavy atom. The number of hydrogen-bond donors (Lipinski definition) is 2. The SMILES string of the molecule is CNC(=O)c1ccc(S(=O)(=O)N2CCC(CNC(C)=O)CC2)cc1. The quantitative estimate of drug-likeness (QED) is 0.809. The van der Waals surface area contributed by atoms with E-state index in [0.29, 0.717) is 31.1 Å². The minimum atomic E-state index is -3.55. The van der Waals surface area contributed by atoms with Gasteiger partial charge in [0.25, 0.3) is 5.91 Å². The van der Waals surface area contributed by atoms with E-state index in [1.165, 1.54) is 42.5 Å². The van der Waals surface area contributed by atoms with Crippen molar-refractivity contribution in [2.45, 2.75) is 24.7 Å². The van der Waals surface area contributed by atoms with E-state index < -0.39 is 10.0 Å². The van der Waals surface area contributed by atoms with Crippen molar-refractivity contribution in [2.24, 2.45) is 5.92 Å². The van der Waals surface area contributed by atoms with Crippen LogP contribution in [0.15, 0.2) is 29.2 Å². The van der Waals surface area contributed by atoms with Gasteiger partial charge >= 0.3 is 0 Å². The number of rotatable bonds is 5. The van der Waals surface area contributed by atoms with Crippen LogP contribution in [0.5, 0.6) is 0 Å². The Kier molecular flexibility index (Phi) is 5.95. The monoisotopic (exact) mass is 353 g/mol. The lowest BCUT2D eigenvalue weighted by Crippen LogP contribution is -2.41. The van der Waals surface area contributed by atoms with Crippen molar-refractivity contribution < 1.29 is 18.0 Å². The van der Waals surface area contributed by atoms with Crippen LogP contribution in [0.2, 0.25) is 0 Å². The highest BCUT2D eigenvalue weighted by Crippen LogP contribution is 2.23. The van der Waals surface area contributed by atoms with Crippen LogP contribution in [0.3, 0.4) is 0 Å². The lowest BCUT2D eigenvalue weighted by atomic mass is 9.98. The Morgan fingerprint density at radius 2 is 1.75 bits per heavy atom. The fourth-order valence-corrected chi connectivity index (χ4v) is 4.18. The Bertz CT molecular complexity index is 693. The minimum absolute atomic E-state index is 0.0683. The highest BCUT2D eigenvalue weighted by Gasteiger charge is 2.29. The minimum Gasteiger partial charge on any atom is -0.356 e. The maximum atomic E-state index is 12.7. The van der Waals surface area contributed by atoms with Gasteiger partial charge in [0.05, 0.1) is 4.90 Å². The third-order valence-electron chi connectivity index (χ3n) is 4.19. The second-order valence-electron chi connectivity index (χ2n) is 5.89. The van der Waals surface area contributed by atoms with Gasteiger partial charge in [-0.2, -0.15) is 4.31 Å². The number of piperidine rings is 1. The molecule has 1 heterocycles. The van der Waals surface area contributed by atoms with Crippen molar-refractivity contribution in [2.75, 3.05) is 26.7 Å². The summed E-state index contributed by atoms with van der Waals surface area (Å²) in [6, 6.07) is 5.94. The molecule has 0 aromatic heterocycles. The molecule has 132 valence electrons. The third-order valence-corrected chi connectivity index (χ3v) is 6.11. The van der Waals surface area contributed by atoms with Crippen LogP contribution >= 0.6 is 0 Å². The molecule has 1 aliphatic rings. The normalized spacial score (nSPS) is 16.6. The number of sulfonamides is 1. The molecule has 1 aromatic carbocycles. The summed E-state index contributed by atoms with van der Waals surface area (Å²) in [6.45, 7) is 2.93. The molecule has 7 nitrogen and oxygen atoms in total. The number of amides is 2. The van der Waals surface area contributed by atoms with E-state index in [1.54, 1.807) is 0 Å². The van der Waals surface area contributed by atoms with Crippen molar-refractivity contribution >= 4 is 21.8 Å². The summed E-state index contributed by atoms with van der Waals surface area (Å²) in [4.78, 5) is 22.7. The van der Waals surface area contributed by atoms with E-state index in [1.807, 2.05) is 0 Å². The van der Waals surface area contributed by atoms with Crippen LogP contribution < -0.4 is 10.6 Å². The summed E-state index contributed by atoms with van der Waals surface area (Å²) in [5.74, 6) is -0.0185. The van der Waals surface area contributed by atoms with E-state index in [0.717, 1.165) is 12.8 Å². The topological polar surface area (TPSA) is 95.6 Å². The highest BCUT2D eigenvalue weighted by atomic mass is 32.2. The third kappa shape index (κ3) is 4.33. The number of nitrogens with zero attached hydrogens (tertiary/aromatic N) is 1. The molecule has 1 saturated heterocycles. The molecule has 1 fully saturated rings. The molecule has 2 rings (SSSR count). The fraction of sp³-hybridized carbons (Fsp3) is 0.500. The highest BCUT2D eigenvalue weighted by molar-refractivity contribution is 7.89. The largest absolute Gasteiger partial charge is 0.356 e. The number of hydrogen-bond acceptors (Lipinski definition) is 4. The van der Waals surface area contributed by atoms with Crippen molar-refractivity contribution in [1.82, 2.24) is 14.9 Å². The van der Waals surface area contributed by atoms with E-state index in [-0.39, 0.29) is 16.7 Å². The predicted molar refractivity (Wildman–Crippen MR) is 90.0 cm³/mol. The van der Waals surface area contributed by atoms with Crippen molar-refractivity contribution in [3.8, 4) is 0 Å². The molecule has 0 atom stereocenters. The fourth-order valence-electron chi connectivity index (χ4n) is 2.71. The van der Waals surface area contributed by atoms with Crippen molar-refractivity contribution in [3.05, 3.63) is 29.8 Å². The van der Waals surface area contributed by atoms with Gasteiger partial charge in [-0.1, -0.05) is 0 Å². The van der Waals surface area contributed by atoms with Crippen LogP contribution in [0, 0.1) is 5.92 Å². The molecule has 0 aliphatic carbocycles. The molecule has 24 heavy (non-hydrogen) atoms. The molecule has 1 aliphatic heterocycles. The second kappa shape index (κ2) is 7.76. The Labute approximate surface area is 142 Å². The summed E-state index contributed by atoms with van der Waals surface area (Å²) in [5, 5.41) is 5.28. The van der Waals surface area contributed by atoms with E-state index in [4.69, 9.17) is 0 Å². The van der Waals surface area contributed by atoms with Gasteiger partial charge in [-0.25, -0.2) is 8.42 Å². The Morgan fingerprint density at radius 1 is 1.17 bits per heavy atom. The van der Waals surface area contributed by atoms with Crippen molar-refractivity contribution in [1.29, 1.82) is 0 Å². The van der Waals surface area contributed by atoms with Crippen LogP contribution in [-0.4, -0.2) is 51.2 Å². The smallest absolute Gasteiger partial charge is 0.251 e. The summed E-state index contributed by atoms with van der Waals surface area (Å²) in [5.41, 5.74) is 0.422. The van der Waals surface area contributed by atoms with Crippen LogP contribution in [0.1, 0.15) is 30.1 Å². The summed E-state index contributed by atoms with van der Waals surface area (Å²) < 4.78 is 26.8. The first kappa shape index (κ1) is 18.4. The summed E-state index contributed by atoms with van der Waals surface area (Å²) in [6.07, 6.45) is 1.44. The number of nitrogens with one attached hydrogen (secondary N) is 2. The van der Waals surface area contributed by atoms with Gasteiger partial charge in [0.2, 0.25) is 15.9 Å². The zero-order chi connectivity index (χ0) is 17.7. The van der Waals surface area contributed by atoms with Gasteiger partial charge in [0.1, 0.15) is 0 Å². The maximum absolute atomic E-state index is 12.7. The average Bonchev–Trinajstić information content (AvgIpc) is 2.59. The lowest BCUT2D eigenvalue weighted by Gasteiger charge is -2.31. The molecular formula is C16H23N3O4S. The molecule has 1 aromatic rings. The van der Waals surface area contributed by atoms with Gasteiger partial charge in [0.15, 0.2) is 0 Å². The molecule has 0 saturated carbocycles. The zero-order valence-electron chi connectivity index (χ0n) is 13.9. The van der Waals surface area contributed by atoms with Crippen LogP contribution in [0.4, 0.5) is 0 Å². The maximum Gasteiger partial charge on any atom is 0.251 e. The first-order valence-electron chi connectivity index (χ1n) is 7.91. The molecule has 8 heteroatoms. The van der Waals surface area contributed by atoms with Gasteiger partial charge in [-0.05, 0) is 43.0 Å².